The average molecular weight is 325 g/mol. The number of halogens is 1. The molecular weight excluding hydrogens is 305 g/mol. The first kappa shape index (κ1) is 16.4. The lowest BCUT2D eigenvalue weighted by atomic mass is 10.1. The molecule has 1 aromatic heterocycles. The minimum Gasteiger partial charge on any atom is -0.387 e. The van der Waals surface area contributed by atoms with Gasteiger partial charge in [0.2, 0.25) is 0 Å². The maximum atomic E-state index is 12.9. The summed E-state index contributed by atoms with van der Waals surface area (Å²) in [4.78, 5) is 4.06. The third kappa shape index (κ3) is 3.88. The third-order valence-corrected chi connectivity index (χ3v) is 4.04. The fourth-order valence-electron chi connectivity index (χ4n) is 2.58. The zero-order chi connectivity index (χ0) is 16.9. The number of nitrogens with one attached hydrogen (secondary N) is 1. The highest BCUT2D eigenvalue weighted by Crippen LogP contribution is 2.18. The van der Waals surface area contributed by atoms with E-state index >= 15 is 0 Å². The number of aliphatic hydroxyl groups excluding tert-OH is 1. The van der Waals surface area contributed by atoms with Gasteiger partial charge in [-0.2, -0.15) is 0 Å². The summed E-state index contributed by atoms with van der Waals surface area (Å²) < 4.78 is 14.9. The Hall–Kier alpha value is -2.50. The summed E-state index contributed by atoms with van der Waals surface area (Å²) >= 11 is 0. The fourth-order valence-corrected chi connectivity index (χ4v) is 2.58. The largest absolute Gasteiger partial charge is 0.387 e. The van der Waals surface area contributed by atoms with Gasteiger partial charge in [0.05, 0.1) is 12.4 Å². The molecule has 0 fully saturated rings. The van der Waals surface area contributed by atoms with E-state index in [1.54, 1.807) is 24.7 Å². The Balaban J connectivity index is 1.63. The van der Waals surface area contributed by atoms with E-state index in [1.165, 1.54) is 12.1 Å². The Morgan fingerprint density at radius 1 is 1.17 bits per heavy atom. The van der Waals surface area contributed by atoms with Crippen LogP contribution in [0.15, 0.2) is 67.3 Å². The van der Waals surface area contributed by atoms with Crippen molar-refractivity contribution >= 4 is 0 Å². The van der Waals surface area contributed by atoms with Crippen LogP contribution in [0.2, 0.25) is 0 Å². The standard InChI is InChI=1S/C19H20FN3O/c1-14(22-12-19(24)15-5-7-17(20)8-6-15)16-3-2-4-18(11-16)23-10-9-21-13-23/h2-11,13-14,19,22,24H,12H2,1H3. The molecule has 1 heterocycles. The minimum atomic E-state index is -0.676. The van der Waals surface area contributed by atoms with Crippen molar-refractivity contribution in [1.82, 2.24) is 14.9 Å². The van der Waals surface area contributed by atoms with Gasteiger partial charge in [-0.3, -0.25) is 0 Å². The average Bonchev–Trinajstić information content (AvgIpc) is 3.15. The van der Waals surface area contributed by atoms with E-state index in [1.807, 2.05) is 35.9 Å². The summed E-state index contributed by atoms with van der Waals surface area (Å²) in [5, 5.41) is 13.5. The molecule has 2 N–H and O–H groups in total. The van der Waals surface area contributed by atoms with Crippen LogP contribution < -0.4 is 5.32 Å². The van der Waals surface area contributed by atoms with E-state index in [-0.39, 0.29) is 11.9 Å². The van der Waals surface area contributed by atoms with Gasteiger partial charge in [-0.05, 0) is 42.3 Å². The Morgan fingerprint density at radius 3 is 2.67 bits per heavy atom. The summed E-state index contributed by atoms with van der Waals surface area (Å²) in [6.45, 7) is 2.44. The highest BCUT2D eigenvalue weighted by atomic mass is 19.1. The van der Waals surface area contributed by atoms with Crippen molar-refractivity contribution in [3.63, 3.8) is 0 Å². The van der Waals surface area contributed by atoms with Crippen LogP contribution in [-0.4, -0.2) is 21.2 Å². The first-order valence-corrected chi connectivity index (χ1v) is 7.88. The van der Waals surface area contributed by atoms with Gasteiger partial charge in [0, 0.05) is 30.7 Å². The van der Waals surface area contributed by atoms with Crippen LogP contribution in [0.4, 0.5) is 4.39 Å². The van der Waals surface area contributed by atoms with Crippen LogP contribution >= 0.6 is 0 Å². The van der Waals surface area contributed by atoms with E-state index in [0.29, 0.717) is 12.1 Å². The van der Waals surface area contributed by atoms with Gasteiger partial charge in [0.15, 0.2) is 0 Å². The summed E-state index contributed by atoms with van der Waals surface area (Å²) in [6.07, 6.45) is 4.73. The number of rotatable bonds is 6. The normalized spacial score (nSPS) is 13.6. The predicted octanol–water partition coefficient (Wildman–Crippen LogP) is 3.40. The number of hydrogen-bond donors (Lipinski definition) is 2. The molecule has 5 heteroatoms. The molecule has 24 heavy (non-hydrogen) atoms. The minimum absolute atomic E-state index is 0.0727. The SMILES string of the molecule is CC(NCC(O)c1ccc(F)cc1)c1cccc(-n2ccnc2)c1. The molecule has 0 aliphatic heterocycles. The molecule has 0 aliphatic rings. The number of aromatic nitrogens is 2. The van der Waals surface area contributed by atoms with Crippen LogP contribution in [0.1, 0.15) is 30.2 Å². The van der Waals surface area contributed by atoms with E-state index in [4.69, 9.17) is 0 Å². The lowest BCUT2D eigenvalue weighted by molar-refractivity contribution is 0.170. The van der Waals surface area contributed by atoms with Gasteiger partial charge >= 0.3 is 0 Å². The third-order valence-electron chi connectivity index (χ3n) is 4.04. The molecule has 2 unspecified atom stereocenters. The Kier molecular flexibility index (Phi) is 5.03. The molecule has 0 saturated carbocycles. The van der Waals surface area contributed by atoms with Crippen LogP contribution in [0.5, 0.6) is 0 Å². The number of hydrogen-bond acceptors (Lipinski definition) is 3. The van der Waals surface area contributed by atoms with Crippen molar-refractivity contribution < 1.29 is 9.50 Å². The molecule has 0 spiro atoms. The van der Waals surface area contributed by atoms with E-state index < -0.39 is 6.10 Å². The lowest BCUT2D eigenvalue weighted by Gasteiger charge is -2.18. The Morgan fingerprint density at radius 2 is 1.96 bits per heavy atom. The Labute approximate surface area is 140 Å². The molecule has 4 nitrogen and oxygen atoms in total. The van der Waals surface area contributed by atoms with Crippen LogP contribution in [-0.2, 0) is 0 Å². The quantitative estimate of drug-likeness (QED) is 0.730. The van der Waals surface area contributed by atoms with Gasteiger partial charge < -0.3 is 15.0 Å². The number of nitrogens with zero attached hydrogens (tertiary/aromatic N) is 2. The smallest absolute Gasteiger partial charge is 0.123 e. The maximum absolute atomic E-state index is 12.9. The highest BCUT2D eigenvalue weighted by Gasteiger charge is 2.11. The summed E-state index contributed by atoms with van der Waals surface area (Å²) in [7, 11) is 0. The topological polar surface area (TPSA) is 50.1 Å². The van der Waals surface area contributed by atoms with E-state index in [0.717, 1.165) is 11.3 Å². The van der Waals surface area contributed by atoms with Crippen molar-refractivity contribution in [2.75, 3.05) is 6.54 Å². The van der Waals surface area contributed by atoms with E-state index in [9.17, 15) is 9.50 Å². The molecule has 2 aromatic carbocycles. The lowest BCUT2D eigenvalue weighted by Crippen LogP contribution is -2.24. The van der Waals surface area contributed by atoms with Crippen molar-refractivity contribution in [3.05, 3.63) is 84.2 Å². The van der Waals surface area contributed by atoms with Crippen molar-refractivity contribution in [2.24, 2.45) is 0 Å². The fraction of sp³-hybridized carbons (Fsp3) is 0.211. The molecule has 0 bridgehead atoms. The van der Waals surface area contributed by atoms with Crippen molar-refractivity contribution in [2.45, 2.75) is 19.1 Å². The second kappa shape index (κ2) is 7.38. The predicted molar refractivity (Wildman–Crippen MR) is 91.3 cm³/mol. The van der Waals surface area contributed by atoms with Gasteiger partial charge in [0.1, 0.15) is 5.82 Å². The first-order chi connectivity index (χ1) is 11.6. The van der Waals surface area contributed by atoms with Crippen LogP contribution in [0, 0.1) is 5.82 Å². The van der Waals surface area contributed by atoms with Gasteiger partial charge in [-0.15, -0.1) is 0 Å². The number of imidazole rings is 1. The number of benzene rings is 2. The van der Waals surface area contributed by atoms with Crippen LogP contribution in [0.3, 0.4) is 0 Å². The second-order valence-corrected chi connectivity index (χ2v) is 5.76. The molecule has 3 aromatic rings. The summed E-state index contributed by atoms with van der Waals surface area (Å²) in [5.74, 6) is -0.302. The molecule has 0 saturated heterocycles. The van der Waals surface area contributed by atoms with Gasteiger partial charge in [-0.1, -0.05) is 24.3 Å². The molecular formula is C19H20FN3O. The Bertz CT molecular complexity index is 772. The van der Waals surface area contributed by atoms with Crippen molar-refractivity contribution in [1.29, 1.82) is 0 Å². The molecule has 0 aliphatic carbocycles. The van der Waals surface area contributed by atoms with Crippen molar-refractivity contribution in [3.8, 4) is 5.69 Å². The van der Waals surface area contributed by atoms with E-state index in [2.05, 4.69) is 16.4 Å². The number of aliphatic hydroxyl groups is 1. The second-order valence-electron chi connectivity index (χ2n) is 5.76. The maximum Gasteiger partial charge on any atom is 0.123 e. The molecule has 0 amide bonds. The molecule has 2 atom stereocenters. The van der Waals surface area contributed by atoms with Gasteiger partial charge in [0.25, 0.3) is 0 Å². The summed E-state index contributed by atoms with van der Waals surface area (Å²) in [5.41, 5.74) is 2.86. The monoisotopic (exact) mass is 325 g/mol. The van der Waals surface area contributed by atoms with Crippen LogP contribution in [0.25, 0.3) is 5.69 Å². The zero-order valence-corrected chi connectivity index (χ0v) is 13.4. The molecule has 124 valence electrons. The molecule has 3 rings (SSSR count). The molecule has 0 radical (unpaired) electrons. The highest BCUT2D eigenvalue weighted by molar-refractivity contribution is 5.37. The zero-order valence-electron chi connectivity index (χ0n) is 13.4. The summed E-state index contributed by atoms with van der Waals surface area (Å²) in [6, 6.07) is 14.1. The van der Waals surface area contributed by atoms with Gasteiger partial charge in [-0.25, -0.2) is 9.37 Å². The first-order valence-electron chi connectivity index (χ1n) is 7.88.